The molecule has 0 spiro atoms. The number of hydrogen-bond acceptors (Lipinski definition) is 3. The zero-order chi connectivity index (χ0) is 20.1. The molecule has 1 saturated heterocycles. The molecule has 144 valence electrons. The van der Waals surface area contributed by atoms with Gasteiger partial charge in [0.2, 0.25) is 0 Å². The van der Waals surface area contributed by atoms with Crippen molar-refractivity contribution in [2.45, 2.75) is 13.1 Å². The molecule has 0 unspecified atom stereocenters. The Kier molecular flexibility index (Phi) is 6.13. The highest BCUT2D eigenvalue weighted by molar-refractivity contribution is 8.18. The van der Waals surface area contributed by atoms with Gasteiger partial charge in [0, 0.05) is 5.02 Å². The maximum Gasteiger partial charge on any atom is 0.267 e. The van der Waals surface area contributed by atoms with E-state index in [4.69, 9.17) is 16.6 Å². The maximum atomic E-state index is 13.2. The van der Waals surface area contributed by atoms with E-state index in [0.717, 1.165) is 16.7 Å². The topological polar surface area (TPSA) is 32.7 Å². The standard InChI is InChI=1S/C24H19ClN2OS/c25-21-14-8-7-13-20(21)15-22-23(28)27(17-19-11-5-2-6-12-19)24(29-22)26-16-18-9-3-1-4-10-18/h1-15H,16-17H2/b22-15+,26-24?. The van der Waals surface area contributed by atoms with Gasteiger partial charge in [-0.25, -0.2) is 0 Å². The molecule has 4 rings (SSSR count). The van der Waals surface area contributed by atoms with Crippen LogP contribution in [0.15, 0.2) is 94.8 Å². The number of rotatable bonds is 5. The summed E-state index contributed by atoms with van der Waals surface area (Å²) >= 11 is 7.68. The van der Waals surface area contributed by atoms with Gasteiger partial charge in [0.1, 0.15) is 0 Å². The number of nitrogens with zero attached hydrogens (tertiary/aromatic N) is 2. The van der Waals surface area contributed by atoms with Gasteiger partial charge in [0.25, 0.3) is 5.91 Å². The van der Waals surface area contributed by atoms with Crippen molar-refractivity contribution in [3.05, 3.63) is 112 Å². The molecule has 1 heterocycles. The van der Waals surface area contributed by atoms with Crippen molar-refractivity contribution in [1.82, 2.24) is 4.90 Å². The molecule has 29 heavy (non-hydrogen) atoms. The number of benzene rings is 3. The summed E-state index contributed by atoms with van der Waals surface area (Å²) in [6.45, 7) is 1.02. The highest BCUT2D eigenvalue weighted by Gasteiger charge is 2.33. The molecule has 1 amide bonds. The summed E-state index contributed by atoms with van der Waals surface area (Å²) in [4.78, 5) is 20.3. The molecule has 3 aromatic rings. The first-order valence-electron chi connectivity index (χ1n) is 9.29. The van der Waals surface area contributed by atoms with E-state index in [1.807, 2.05) is 91.0 Å². The highest BCUT2D eigenvalue weighted by atomic mass is 35.5. The van der Waals surface area contributed by atoms with E-state index in [1.165, 1.54) is 11.8 Å². The molecule has 0 atom stereocenters. The van der Waals surface area contributed by atoms with Crippen molar-refractivity contribution < 1.29 is 4.79 Å². The molecule has 3 nitrogen and oxygen atoms in total. The van der Waals surface area contributed by atoms with Crippen LogP contribution in [0.3, 0.4) is 0 Å². The number of carbonyl (C=O) groups excluding carboxylic acids is 1. The van der Waals surface area contributed by atoms with E-state index in [1.54, 1.807) is 4.90 Å². The van der Waals surface area contributed by atoms with Crippen LogP contribution in [0, 0.1) is 0 Å². The van der Waals surface area contributed by atoms with Crippen molar-refractivity contribution in [1.29, 1.82) is 0 Å². The highest BCUT2D eigenvalue weighted by Crippen LogP contribution is 2.35. The van der Waals surface area contributed by atoms with Crippen molar-refractivity contribution in [2.24, 2.45) is 4.99 Å². The second-order valence-electron chi connectivity index (χ2n) is 6.59. The first-order chi connectivity index (χ1) is 14.2. The van der Waals surface area contributed by atoms with Crippen LogP contribution < -0.4 is 0 Å². The summed E-state index contributed by atoms with van der Waals surface area (Å²) in [7, 11) is 0. The van der Waals surface area contributed by atoms with Crippen LogP contribution in [-0.2, 0) is 17.9 Å². The van der Waals surface area contributed by atoms with E-state index < -0.39 is 0 Å². The monoisotopic (exact) mass is 418 g/mol. The van der Waals surface area contributed by atoms with E-state index in [-0.39, 0.29) is 5.91 Å². The van der Waals surface area contributed by atoms with Gasteiger partial charge < -0.3 is 0 Å². The summed E-state index contributed by atoms with van der Waals surface area (Å²) in [5.74, 6) is -0.0504. The Morgan fingerprint density at radius 2 is 1.48 bits per heavy atom. The number of halogens is 1. The number of aliphatic imine (C=N–C) groups is 1. The SMILES string of the molecule is O=C1/C(=C\c2ccccc2Cl)SC(=NCc2ccccc2)N1Cc1ccccc1. The third-order valence-corrected chi connectivity index (χ3v) is 5.89. The second kappa shape index (κ2) is 9.12. The number of hydrogen-bond donors (Lipinski definition) is 0. The molecular formula is C24H19ClN2OS. The van der Waals surface area contributed by atoms with Gasteiger partial charge in [0.05, 0.1) is 18.0 Å². The molecule has 0 aromatic heterocycles. The summed E-state index contributed by atoms with van der Waals surface area (Å²) in [6.07, 6.45) is 1.85. The molecule has 0 bridgehead atoms. The van der Waals surface area contributed by atoms with E-state index in [2.05, 4.69) is 0 Å². The van der Waals surface area contributed by atoms with Crippen molar-refractivity contribution in [2.75, 3.05) is 0 Å². The molecule has 1 aliphatic rings. The van der Waals surface area contributed by atoms with Gasteiger partial charge in [-0.3, -0.25) is 14.7 Å². The number of carbonyl (C=O) groups is 1. The molecule has 0 N–H and O–H groups in total. The van der Waals surface area contributed by atoms with Crippen LogP contribution in [0.4, 0.5) is 0 Å². The van der Waals surface area contributed by atoms with E-state index >= 15 is 0 Å². The third kappa shape index (κ3) is 4.78. The first-order valence-corrected chi connectivity index (χ1v) is 10.5. The fourth-order valence-electron chi connectivity index (χ4n) is 3.01. The maximum absolute atomic E-state index is 13.2. The average molecular weight is 419 g/mol. The number of amides is 1. The van der Waals surface area contributed by atoms with Crippen LogP contribution in [0.1, 0.15) is 16.7 Å². The normalized spacial score (nSPS) is 16.7. The van der Waals surface area contributed by atoms with Crippen LogP contribution in [0.5, 0.6) is 0 Å². The smallest absolute Gasteiger partial charge is 0.267 e. The number of amidine groups is 1. The van der Waals surface area contributed by atoms with Crippen LogP contribution in [0.2, 0.25) is 5.02 Å². The fraction of sp³-hybridized carbons (Fsp3) is 0.0833. The minimum Gasteiger partial charge on any atom is -0.282 e. The molecule has 1 aliphatic heterocycles. The molecule has 5 heteroatoms. The first kappa shape index (κ1) is 19.5. The van der Waals surface area contributed by atoms with Crippen molar-refractivity contribution in [3.63, 3.8) is 0 Å². The lowest BCUT2D eigenvalue weighted by atomic mass is 10.2. The Morgan fingerprint density at radius 3 is 2.17 bits per heavy atom. The van der Waals surface area contributed by atoms with Gasteiger partial charge >= 0.3 is 0 Å². The molecule has 0 aliphatic carbocycles. The summed E-state index contributed by atoms with van der Waals surface area (Å²) in [5, 5.41) is 1.33. The van der Waals surface area contributed by atoms with Gasteiger partial charge in [-0.15, -0.1) is 0 Å². The average Bonchev–Trinajstić information content (AvgIpc) is 3.04. The van der Waals surface area contributed by atoms with Gasteiger partial charge in [-0.05, 0) is 40.6 Å². The number of thioether (sulfide) groups is 1. The van der Waals surface area contributed by atoms with Gasteiger partial charge in [-0.1, -0.05) is 90.5 Å². The van der Waals surface area contributed by atoms with Gasteiger partial charge in [-0.2, -0.15) is 0 Å². The van der Waals surface area contributed by atoms with Crippen LogP contribution in [-0.4, -0.2) is 16.0 Å². The summed E-state index contributed by atoms with van der Waals surface area (Å²) < 4.78 is 0. The minimum atomic E-state index is -0.0504. The van der Waals surface area contributed by atoms with Crippen molar-refractivity contribution >= 4 is 40.5 Å². The van der Waals surface area contributed by atoms with E-state index in [0.29, 0.717) is 28.2 Å². The Hall–Kier alpha value is -2.82. The zero-order valence-electron chi connectivity index (χ0n) is 15.7. The molecule has 3 aromatic carbocycles. The molecular weight excluding hydrogens is 400 g/mol. The van der Waals surface area contributed by atoms with Crippen LogP contribution >= 0.6 is 23.4 Å². The van der Waals surface area contributed by atoms with E-state index in [9.17, 15) is 4.79 Å². The Bertz CT molecular complexity index is 1060. The summed E-state index contributed by atoms with van der Waals surface area (Å²) in [6, 6.07) is 27.5. The molecule has 0 radical (unpaired) electrons. The van der Waals surface area contributed by atoms with Crippen molar-refractivity contribution in [3.8, 4) is 0 Å². The molecule has 0 saturated carbocycles. The Labute approximate surface area is 179 Å². The molecule has 1 fully saturated rings. The quantitative estimate of drug-likeness (QED) is 0.475. The van der Waals surface area contributed by atoms with Gasteiger partial charge in [0.15, 0.2) is 5.17 Å². The lowest BCUT2D eigenvalue weighted by Gasteiger charge is -2.15. The predicted molar refractivity (Wildman–Crippen MR) is 122 cm³/mol. The lowest BCUT2D eigenvalue weighted by molar-refractivity contribution is -0.122. The Morgan fingerprint density at radius 1 is 0.862 bits per heavy atom. The van der Waals surface area contributed by atoms with Crippen LogP contribution in [0.25, 0.3) is 6.08 Å². The second-order valence-corrected chi connectivity index (χ2v) is 8.01. The minimum absolute atomic E-state index is 0.0504. The largest absolute Gasteiger partial charge is 0.282 e. The fourth-order valence-corrected chi connectivity index (χ4v) is 4.16. The lowest BCUT2D eigenvalue weighted by Crippen LogP contribution is -2.28. The summed E-state index contributed by atoms with van der Waals surface area (Å²) in [5.41, 5.74) is 3.00. The predicted octanol–water partition coefficient (Wildman–Crippen LogP) is 6.01. The zero-order valence-corrected chi connectivity index (χ0v) is 17.2. The Balaban J connectivity index is 1.65. The third-order valence-electron chi connectivity index (χ3n) is 4.50.